The molecule has 25 heavy (non-hydrogen) atoms. The molecule has 0 aromatic heterocycles. The summed E-state index contributed by atoms with van der Waals surface area (Å²) in [5.74, 6) is 0.978. The number of benzene rings is 1. The van der Waals surface area contributed by atoms with Gasteiger partial charge in [0, 0.05) is 51.9 Å². The van der Waals surface area contributed by atoms with E-state index in [1.807, 2.05) is 0 Å². The Kier molecular flexibility index (Phi) is 7.11. The fourth-order valence-corrected chi connectivity index (χ4v) is 3.81. The molecule has 140 valence electrons. The van der Waals surface area contributed by atoms with Gasteiger partial charge in [-0.25, -0.2) is 0 Å². The molecule has 1 aromatic carbocycles. The van der Waals surface area contributed by atoms with E-state index in [9.17, 15) is 0 Å². The van der Waals surface area contributed by atoms with Crippen LogP contribution in [0.2, 0.25) is 0 Å². The van der Waals surface area contributed by atoms with Crippen LogP contribution in [0.1, 0.15) is 25.3 Å². The minimum absolute atomic E-state index is 0.343. The molecule has 5 heteroatoms. The van der Waals surface area contributed by atoms with Crippen molar-refractivity contribution in [3.63, 3.8) is 0 Å². The highest BCUT2D eigenvalue weighted by Gasteiger charge is 2.17. The molecule has 0 radical (unpaired) electrons. The number of likely N-dealkylation sites (N-methyl/N-ethyl adjacent to an activating group) is 1. The van der Waals surface area contributed by atoms with Gasteiger partial charge in [-0.05, 0) is 43.6 Å². The Morgan fingerprint density at radius 2 is 1.72 bits per heavy atom. The second-order valence-electron chi connectivity index (χ2n) is 7.41. The lowest BCUT2D eigenvalue weighted by molar-refractivity contribution is 0.121. The first kappa shape index (κ1) is 18.6. The summed E-state index contributed by atoms with van der Waals surface area (Å²) in [6.45, 7) is 13.1. The van der Waals surface area contributed by atoms with Crippen molar-refractivity contribution >= 4 is 0 Å². The molecule has 2 aliphatic heterocycles. The van der Waals surface area contributed by atoms with E-state index in [1.165, 1.54) is 31.6 Å². The number of nitrogens with two attached hydrogens (primary N) is 1. The molecule has 1 unspecified atom stereocenters. The highest BCUT2D eigenvalue weighted by Crippen LogP contribution is 2.16. The van der Waals surface area contributed by atoms with E-state index < -0.39 is 0 Å². The van der Waals surface area contributed by atoms with Gasteiger partial charge in [-0.3, -0.25) is 9.80 Å². The predicted octanol–water partition coefficient (Wildman–Crippen LogP) is 1.63. The molecule has 1 aromatic rings. The highest BCUT2D eigenvalue weighted by molar-refractivity contribution is 5.27. The molecule has 1 atom stereocenters. The zero-order chi connectivity index (χ0) is 17.5. The van der Waals surface area contributed by atoms with E-state index in [-0.39, 0.29) is 0 Å². The van der Waals surface area contributed by atoms with Gasteiger partial charge >= 0.3 is 0 Å². The summed E-state index contributed by atoms with van der Waals surface area (Å²) in [5, 5.41) is 0. The van der Waals surface area contributed by atoms with E-state index in [0.717, 1.165) is 58.0 Å². The molecule has 2 heterocycles. The standard InChI is InChI=1S/C20H34N4O/c1-2-22-10-12-23(13-11-22)14-15-25-20-7-5-18(6-8-20)16-24-9-3-4-19(21)17-24/h5-8,19H,2-4,9-17,21H2,1H3. The van der Waals surface area contributed by atoms with E-state index >= 15 is 0 Å². The minimum atomic E-state index is 0.343. The Labute approximate surface area is 152 Å². The first-order valence-electron chi connectivity index (χ1n) is 9.87. The molecular formula is C20H34N4O. The molecule has 0 amide bonds. The van der Waals surface area contributed by atoms with Crippen LogP contribution in [0.5, 0.6) is 5.75 Å². The largest absolute Gasteiger partial charge is 0.492 e. The number of rotatable bonds is 7. The zero-order valence-corrected chi connectivity index (χ0v) is 15.7. The summed E-state index contributed by atoms with van der Waals surface area (Å²) in [6, 6.07) is 8.93. The number of piperidine rings is 1. The van der Waals surface area contributed by atoms with Crippen LogP contribution >= 0.6 is 0 Å². The molecular weight excluding hydrogens is 312 g/mol. The Bertz CT molecular complexity index is 499. The molecule has 0 bridgehead atoms. The van der Waals surface area contributed by atoms with Gasteiger partial charge < -0.3 is 15.4 Å². The zero-order valence-electron chi connectivity index (χ0n) is 15.7. The van der Waals surface area contributed by atoms with Crippen LogP contribution in [0, 0.1) is 0 Å². The normalized spacial score (nSPS) is 23.7. The Balaban J connectivity index is 1.36. The molecule has 2 aliphatic rings. The van der Waals surface area contributed by atoms with Crippen LogP contribution < -0.4 is 10.5 Å². The van der Waals surface area contributed by atoms with E-state index in [4.69, 9.17) is 10.5 Å². The highest BCUT2D eigenvalue weighted by atomic mass is 16.5. The summed E-state index contributed by atoms with van der Waals surface area (Å²) in [4.78, 5) is 7.46. The van der Waals surface area contributed by atoms with Crippen LogP contribution in [0.4, 0.5) is 0 Å². The molecule has 0 spiro atoms. The molecule has 0 aliphatic carbocycles. The van der Waals surface area contributed by atoms with Gasteiger partial charge in [-0.1, -0.05) is 19.1 Å². The van der Waals surface area contributed by atoms with Crippen molar-refractivity contribution in [3.05, 3.63) is 29.8 Å². The van der Waals surface area contributed by atoms with E-state index in [1.54, 1.807) is 0 Å². The number of hydrogen-bond acceptors (Lipinski definition) is 5. The molecule has 2 saturated heterocycles. The van der Waals surface area contributed by atoms with Gasteiger partial charge in [0.1, 0.15) is 12.4 Å². The quantitative estimate of drug-likeness (QED) is 0.813. The van der Waals surface area contributed by atoms with Gasteiger partial charge in [-0.15, -0.1) is 0 Å². The average Bonchev–Trinajstić information content (AvgIpc) is 2.64. The summed E-state index contributed by atoms with van der Waals surface area (Å²) < 4.78 is 5.94. The number of ether oxygens (including phenoxy) is 1. The third-order valence-electron chi connectivity index (χ3n) is 5.46. The molecule has 2 fully saturated rings. The van der Waals surface area contributed by atoms with E-state index in [0.29, 0.717) is 6.04 Å². The molecule has 5 nitrogen and oxygen atoms in total. The summed E-state index contributed by atoms with van der Waals surface area (Å²) in [5.41, 5.74) is 7.41. The second-order valence-corrected chi connectivity index (χ2v) is 7.41. The maximum Gasteiger partial charge on any atom is 0.119 e. The Morgan fingerprint density at radius 3 is 2.40 bits per heavy atom. The topological polar surface area (TPSA) is 45.0 Å². The van der Waals surface area contributed by atoms with Crippen LogP contribution in [0.15, 0.2) is 24.3 Å². The van der Waals surface area contributed by atoms with Gasteiger partial charge in [0.05, 0.1) is 0 Å². The number of nitrogens with zero attached hydrogens (tertiary/aromatic N) is 3. The predicted molar refractivity (Wildman–Crippen MR) is 103 cm³/mol. The third kappa shape index (κ3) is 5.96. The Morgan fingerprint density at radius 1 is 1.00 bits per heavy atom. The molecule has 0 saturated carbocycles. The average molecular weight is 347 g/mol. The lowest BCUT2D eigenvalue weighted by Gasteiger charge is -2.33. The SMILES string of the molecule is CCN1CCN(CCOc2ccc(CN3CCCC(N)C3)cc2)CC1. The second kappa shape index (κ2) is 9.53. The van der Waals surface area contributed by atoms with E-state index in [2.05, 4.69) is 45.9 Å². The summed E-state index contributed by atoms with van der Waals surface area (Å²) in [7, 11) is 0. The van der Waals surface area contributed by atoms with Crippen LogP contribution in [-0.2, 0) is 6.54 Å². The van der Waals surface area contributed by atoms with Gasteiger partial charge in [0.25, 0.3) is 0 Å². The van der Waals surface area contributed by atoms with Crippen molar-refractivity contribution in [2.45, 2.75) is 32.4 Å². The smallest absolute Gasteiger partial charge is 0.119 e. The third-order valence-corrected chi connectivity index (χ3v) is 5.46. The van der Waals surface area contributed by atoms with Crippen molar-refractivity contribution in [1.29, 1.82) is 0 Å². The first-order valence-corrected chi connectivity index (χ1v) is 9.87. The molecule has 2 N–H and O–H groups in total. The summed E-state index contributed by atoms with van der Waals surface area (Å²) in [6.07, 6.45) is 2.38. The number of likely N-dealkylation sites (tertiary alicyclic amines) is 1. The Hall–Kier alpha value is -1.14. The lowest BCUT2D eigenvalue weighted by Crippen LogP contribution is -2.47. The summed E-state index contributed by atoms with van der Waals surface area (Å²) >= 11 is 0. The van der Waals surface area contributed by atoms with Crippen molar-refractivity contribution < 1.29 is 4.74 Å². The maximum atomic E-state index is 6.07. The first-order chi connectivity index (χ1) is 12.2. The maximum absolute atomic E-state index is 6.07. The van der Waals surface area contributed by atoms with Crippen molar-refractivity contribution in [2.24, 2.45) is 5.73 Å². The monoisotopic (exact) mass is 346 g/mol. The van der Waals surface area contributed by atoms with Gasteiger partial charge in [0.2, 0.25) is 0 Å². The molecule has 3 rings (SSSR count). The number of hydrogen-bond donors (Lipinski definition) is 1. The van der Waals surface area contributed by atoms with Gasteiger partial charge in [0.15, 0.2) is 0 Å². The van der Waals surface area contributed by atoms with Crippen LogP contribution in [0.3, 0.4) is 0 Å². The van der Waals surface area contributed by atoms with Crippen molar-refractivity contribution in [3.8, 4) is 5.75 Å². The minimum Gasteiger partial charge on any atom is -0.492 e. The van der Waals surface area contributed by atoms with Crippen LogP contribution in [0.25, 0.3) is 0 Å². The number of piperazine rings is 1. The van der Waals surface area contributed by atoms with Gasteiger partial charge in [-0.2, -0.15) is 0 Å². The fraction of sp³-hybridized carbons (Fsp3) is 0.700. The lowest BCUT2D eigenvalue weighted by atomic mass is 10.1. The van der Waals surface area contributed by atoms with Crippen molar-refractivity contribution in [1.82, 2.24) is 14.7 Å². The van der Waals surface area contributed by atoms with Crippen molar-refractivity contribution in [2.75, 3.05) is 59.0 Å². The van der Waals surface area contributed by atoms with Crippen LogP contribution in [-0.4, -0.2) is 79.7 Å². The fourth-order valence-electron chi connectivity index (χ4n) is 3.81.